The normalized spacial score (nSPS) is 10.2. The average molecular weight is 357 g/mol. The van der Waals surface area contributed by atoms with Crippen molar-refractivity contribution in [1.29, 1.82) is 0 Å². The minimum absolute atomic E-state index is 0.0948. The first-order valence-electron chi connectivity index (χ1n) is 9.01. The van der Waals surface area contributed by atoms with Crippen LogP contribution in [-0.4, -0.2) is 26.2 Å². The molecule has 1 N–H and O–H groups in total. The van der Waals surface area contributed by atoms with Gasteiger partial charge in [0.15, 0.2) is 18.1 Å². The molecule has 5 nitrogen and oxygen atoms in total. The molecular weight excluding hydrogens is 330 g/mol. The van der Waals surface area contributed by atoms with Gasteiger partial charge >= 0.3 is 0 Å². The zero-order chi connectivity index (χ0) is 18.6. The van der Waals surface area contributed by atoms with Gasteiger partial charge in [-0.1, -0.05) is 44.4 Å². The standard InChI is InChI=1S/C21H27NO4/c1-3-4-5-8-14-25-18-11-9-10-17(15-18)22-21(23)16-26-20-13-7-6-12-19(20)24-2/h6-7,9-13,15H,3-5,8,14,16H2,1-2H3,(H,22,23). The third-order valence-electron chi connectivity index (χ3n) is 3.81. The van der Waals surface area contributed by atoms with Gasteiger partial charge in [-0.15, -0.1) is 0 Å². The number of amides is 1. The highest BCUT2D eigenvalue weighted by Crippen LogP contribution is 2.25. The van der Waals surface area contributed by atoms with Crippen LogP contribution >= 0.6 is 0 Å². The van der Waals surface area contributed by atoms with E-state index in [1.807, 2.05) is 36.4 Å². The largest absolute Gasteiger partial charge is 0.494 e. The van der Waals surface area contributed by atoms with Crippen LogP contribution in [0.3, 0.4) is 0 Å². The van der Waals surface area contributed by atoms with E-state index < -0.39 is 0 Å². The van der Waals surface area contributed by atoms with E-state index in [1.165, 1.54) is 19.3 Å². The van der Waals surface area contributed by atoms with Crippen LogP contribution in [0.5, 0.6) is 17.2 Å². The highest BCUT2D eigenvalue weighted by atomic mass is 16.5. The van der Waals surface area contributed by atoms with Gasteiger partial charge in [-0.05, 0) is 30.7 Å². The molecule has 0 aliphatic rings. The zero-order valence-electron chi connectivity index (χ0n) is 15.5. The van der Waals surface area contributed by atoms with Gasteiger partial charge in [0.25, 0.3) is 5.91 Å². The second kappa shape index (κ2) is 11.0. The summed E-state index contributed by atoms with van der Waals surface area (Å²) < 4.78 is 16.5. The predicted octanol–water partition coefficient (Wildman–Crippen LogP) is 4.67. The Labute approximate surface area is 155 Å². The third kappa shape index (κ3) is 6.67. The summed E-state index contributed by atoms with van der Waals surface area (Å²) in [6.45, 7) is 2.78. The van der Waals surface area contributed by atoms with Crippen molar-refractivity contribution in [1.82, 2.24) is 0 Å². The lowest BCUT2D eigenvalue weighted by atomic mass is 10.2. The molecule has 0 radical (unpaired) electrons. The second-order valence-corrected chi connectivity index (χ2v) is 5.92. The predicted molar refractivity (Wildman–Crippen MR) is 103 cm³/mol. The topological polar surface area (TPSA) is 56.8 Å². The lowest BCUT2D eigenvalue weighted by molar-refractivity contribution is -0.118. The minimum Gasteiger partial charge on any atom is -0.494 e. The van der Waals surface area contributed by atoms with Gasteiger partial charge in [-0.3, -0.25) is 4.79 Å². The average Bonchev–Trinajstić information content (AvgIpc) is 2.67. The molecule has 1 amide bonds. The summed E-state index contributed by atoms with van der Waals surface area (Å²) >= 11 is 0. The Hall–Kier alpha value is -2.69. The van der Waals surface area contributed by atoms with Crippen molar-refractivity contribution >= 4 is 11.6 Å². The van der Waals surface area contributed by atoms with Crippen LogP contribution in [0.2, 0.25) is 0 Å². The van der Waals surface area contributed by atoms with Crippen LogP contribution in [0, 0.1) is 0 Å². The number of ether oxygens (including phenoxy) is 3. The summed E-state index contributed by atoms with van der Waals surface area (Å²) in [4.78, 5) is 12.1. The minimum atomic E-state index is -0.240. The van der Waals surface area contributed by atoms with E-state index in [1.54, 1.807) is 19.2 Å². The maximum atomic E-state index is 12.1. The first kappa shape index (κ1) is 19.6. The van der Waals surface area contributed by atoms with Crippen molar-refractivity contribution in [2.75, 3.05) is 25.6 Å². The number of hydrogen-bond acceptors (Lipinski definition) is 4. The highest BCUT2D eigenvalue weighted by molar-refractivity contribution is 5.92. The van der Waals surface area contributed by atoms with E-state index in [0.717, 1.165) is 12.2 Å². The number of carbonyl (C=O) groups is 1. The van der Waals surface area contributed by atoms with Crippen LogP contribution in [0.15, 0.2) is 48.5 Å². The van der Waals surface area contributed by atoms with E-state index in [0.29, 0.717) is 23.8 Å². The Morgan fingerprint density at radius 3 is 2.54 bits per heavy atom. The number of unbranched alkanes of at least 4 members (excludes halogenated alkanes) is 3. The Morgan fingerprint density at radius 2 is 1.77 bits per heavy atom. The molecule has 0 bridgehead atoms. The number of hydrogen-bond donors (Lipinski definition) is 1. The summed E-state index contributed by atoms with van der Waals surface area (Å²) in [6, 6.07) is 14.6. The van der Waals surface area contributed by atoms with Gasteiger partial charge in [0.05, 0.1) is 13.7 Å². The fraction of sp³-hybridized carbons (Fsp3) is 0.381. The molecule has 0 heterocycles. The molecule has 0 saturated heterocycles. The van der Waals surface area contributed by atoms with Crippen LogP contribution < -0.4 is 19.5 Å². The summed E-state index contributed by atoms with van der Waals surface area (Å²) in [7, 11) is 1.57. The molecule has 5 heteroatoms. The molecule has 0 saturated carbocycles. The smallest absolute Gasteiger partial charge is 0.262 e. The Bertz CT molecular complexity index is 687. The maximum Gasteiger partial charge on any atom is 0.262 e. The van der Waals surface area contributed by atoms with Crippen molar-refractivity contribution in [2.45, 2.75) is 32.6 Å². The Morgan fingerprint density at radius 1 is 0.962 bits per heavy atom. The number of carbonyl (C=O) groups excluding carboxylic acids is 1. The lowest BCUT2D eigenvalue weighted by Crippen LogP contribution is -2.20. The van der Waals surface area contributed by atoms with Crippen molar-refractivity contribution in [3.8, 4) is 17.2 Å². The first-order chi connectivity index (χ1) is 12.7. The first-order valence-corrected chi connectivity index (χ1v) is 9.01. The third-order valence-corrected chi connectivity index (χ3v) is 3.81. The van der Waals surface area contributed by atoms with Gasteiger partial charge < -0.3 is 19.5 Å². The molecule has 2 aromatic rings. The molecule has 0 spiro atoms. The maximum absolute atomic E-state index is 12.1. The number of methoxy groups -OCH3 is 1. The molecule has 26 heavy (non-hydrogen) atoms. The van der Waals surface area contributed by atoms with E-state index >= 15 is 0 Å². The number of nitrogens with one attached hydrogen (secondary N) is 1. The molecule has 0 atom stereocenters. The molecule has 2 aromatic carbocycles. The van der Waals surface area contributed by atoms with E-state index in [9.17, 15) is 4.79 Å². The van der Waals surface area contributed by atoms with Crippen molar-refractivity contribution in [3.63, 3.8) is 0 Å². The Balaban J connectivity index is 1.80. The number of rotatable bonds is 11. The number of para-hydroxylation sites is 2. The second-order valence-electron chi connectivity index (χ2n) is 5.92. The van der Waals surface area contributed by atoms with Crippen LogP contribution in [0.1, 0.15) is 32.6 Å². The number of benzene rings is 2. The molecule has 2 rings (SSSR count). The van der Waals surface area contributed by atoms with E-state index in [4.69, 9.17) is 14.2 Å². The van der Waals surface area contributed by atoms with Gasteiger partial charge in [0.1, 0.15) is 5.75 Å². The number of anilines is 1. The van der Waals surface area contributed by atoms with Gasteiger partial charge in [0, 0.05) is 11.8 Å². The fourth-order valence-electron chi connectivity index (χ4n) is 2.46. The SMILES string of the molecule is CCCCCCOc1cccc(NC(=O)COc2ccccc2OC)c1. The molecule has 0 fully saturated rings. The Kier molecular flexibility index (Phi) is 8.33. The van der Waals surface area contributed by atoms with Crippen molar-refractivity contribution in [3.05, 3.63) is 48.5 Å². The van der Waals surface area contributed by atoms with Crippen molar-refractivity contribution < 1.29 is 19.0 Å². The summed E-state index contributed by atoms with van der Waals surface area (Å²) in [6.07, 6.45) is 4.65. The fourth-order valence-corrected chi connectivity index (χ4v) is 2.46. The van der Waals surface area contributed by atoms with Gasteiger partial charge in [-0.25, -0.2) is 0 Å². The van der Waals surface area contributed by atoms with Crippen LogP contribution in [0.4, 0.5) is 5.69 Å². The molecule has 0 unspecified atom stereocenters. The zero-order valence-corrected chi connectivity index (χ0v) is 15.5. The quantitative estimate of drug-likeness (QED) is 0.594. The van der Waals surface area contributed by atoms with Gasteiger partial charge in [0.2, 0.25) is 0 Å². The molecule has 0 aliphatic carbocycles. The van der Waals surface area contributed by atoms with E-state index in [-0.39, 0.29) is 12.5 Å². The summed E-state index contributed by atoms with van der Waals surface area (Å²) in [5.41, 5.74) is 0.685. The van der Waals surface area contributed by atoms with E-state index in [2.05, 4.69) is 12.2 Å². The van der Waals surface area contributed by atoms with Gasteiger partial charge in [-0.2, -0.15) is 0 Å². The lowest BCUT2D eigenvalue weighted by Gasteiger charge is -2.11. The summed E-state index contributed by atoms with van der Waals surface area (Å²) in [5.74, 6) is 1.65. The monoisotopic (exact) mass is 357 g/mol. The highest BCUT2D eigenvalue weighted by Gasteiger charge is 2.08. The summed E-state index contributed by atoms with van der Waals surface area (Å²) in [5, 5.41) is 2.82. The van der Waals surface area contributed by atoms with Crippen molar-refractivity contribution in [2.24, 2.45) is 0 Å². The molecular formula is C21H27NO4. The molecule has 140 valence electrons. The van der Waals surface area contributed by atoms with Crippen LogP contribution in [0.25, 0.3) is 0 Å². The molecule has 0 aromatic heterocycles. The van der Waals surface area contributed by atoms with Crippen LogP contribution in [-0.2, 0) is 4.79 Å². The molecule has 0 aliphatic heterocycles.